The van der Waals surface area contributed by atoms with Gasteiger partial charge in [0.15, 0.2) is 0 Å². The second-order valence-corrected chi connectivity index (χ2v) is 7.56. The first-order valence-corrected chi connectivity index (χ1v) is 7.88. The third-order valence-corrected chi connectivity index (χ3v) is 3.94. The molecule has 4 nitrogen and oxygen atoms in total. The molecule has 10 heteroatoms. The third kappa shape index (κ3) is 5.25. The number of unbranched alkanes of at least 4 members (excludes halogenated alkanes) is 1. The van der Waals surface area contributed by atoms with Crippen LogP contribution in [-0.4, -0.2) is 38.1 Å². The van der Waals surface area contributed by atoms with Gasteiger partial charge >= 0.3 is 6.08 Å². The highest BCUT2D eigenvalue weighted by Crippen LogP contribution is 2.39. The first-order valence-electron chi connectivity index (χ1n) is 5.43. The number of hydrogen-bond acceptors (Lipinski definition) is 4. The number of rotatable bonds is 5. The van der Waals surface area contributed by atoms with Gasteiger partial charge in [-0.2, -0.15) is 0 Å². The molecule has 1 aliphatic rings. The van der Waals surface area contributed by atoms with E-state index in [4.69, 9.17) is 79.1 Å². The molecule has 0 bridgehead atoms. The molecule has 19 heavy (non-hydrogen) atoms. The SMILES string of the molecule is CCCCOC1=NN(C(Cl)(Cl)Cl)C(C(Cl)C(Cl)Cl)O1. The van der Waals surface area contributed by atoms with Crippen molar-refractivity contribution in [2.75, 3.05) is 6.61 Å². The van der Waals surface area contributed by atoms with Gasteiger partial charge in [0.25, 0.3) is 3.92 Å². The van der Waals surface area contributed by atoms with Gasteiger partial charge in [-0.1, -0.05) is 53.2 Å². The summed E-state index contributed by atoms with van der Waals surface area (Å²) in [6, 6.07) is 0. The highest BCUT2D eigenvalue weighted by atomic mass is 35.6. The Morgan fingerprint density at radius 2 is 2.00 bits per heavy atom. The number of hydrazone groups is 1. The molecule has 0 aromatic carbocycles. The van der Waals surface area contributed by atoms with Gasteiger partial charge in [0, 0.05) is 0 Å². The van der Waals surface area contributed by atoms with E-state index in [1.165, 1.54) is 0 Å². The average Bonchev–Trinajstić information content (AvgIpc) is 2.72. The second-order valence-electron chi connectivity index (χ2n) is 3.67. The molecule has 0 saturated heterocycles. The molecular weight excluding hydrogens is 381 g/mol. The summed E-state index contributed by atoms with van der Waals surface area (Å²) in [6.45, 7) is 2.46. The van der Waals surface area contributed by atoms with Gasteiger partial charge in [0.1, 0.15) is 10.2 Å². The molecule has 0 spiro atoms. The van der Waals surface area contributed by atoms with E-state index in [0.717, 1.165) is 17.9 Å². The van der Waals surface area contributed by atoms with Gasteiger partial charge < -0.3 is 9.47 Å². The quantitative estimate of drug-likeness (QED) is 0.393. The van der Waals surface area contributed by atoms with Gasteiger partial charge in [-0.25, -0.2) is 5.01 Å². The molecule has 0 fully saturated rings. The monoisotopic (exact) mass is 390 g/mol. The zero-order valence-corrected chi connectivity index (χ0v) is 14.4. The summed E-state index contributed by atoms with van der Waals surface area (Å²) in [4.78, 5) is -0.924. The predicted molar refractivity (Wildman–Crippen MR) is 80.4 cm³/mol. The van der Waals surface area contributed by atoms with Crippen molar-refractivity contribution in [2.45, 2.75) is 40.1 Å². The molecule has 0 aromatic rings. The van der Waals surface area contributed by atoms with Gasteiger partial charge in [-0.05, 0) is 6.42 Å². The number of alkyl halides is 6. The van der Waals surface area contributed by atoms with Crippen molar-refractivity contribution in [3.05, 3.63) is 0 Å². The Morgan fingerprint density at radius 1 is 1.37 bits per heavy atom. The zero-order chi connectivity index (χ0) is 14.6. The van der Waals surface area contributed by atoms with Crippen LogP contribution >= 0.6 is 69.6 Å². The fourth-order valence-corrected chi connectivity index (χ4v) is 2.02. The van der Waals surface area contributed by atoms with E-state index in [1.807, 2.05) is 6.92 Å². The van der Waals surface area contributed by atoms with E-state index in [2.05, 4.69) is 5.10 Å². The van der Waals surface area contributed by atoms with Crippen LogP contribution in [0.25, 0.3) is 0 Å². The molecule has 1 rings (SSSR count). The number of nitrogens with zero attached hydrogens (tertiary/aromatic N) is 2. The first kappa shape index (κ1) is 17.9. The molecule has 112 valence electrons. The zero-order valence-electron chi connectivity index (χ0n) is 9.83. The number of ether oxygens (including phenoxy) is 2. The maximum atomic E-state index is 6.01. The van der Waals surface area contributed by atoms with Crippen molar-refractivity contribution < 1.29 is 9.47 Å². The molecule has 1 heterocycles. The standard InChI is InChI=1S/C9H12Cl6N2O2/c1-2-3-4-18-8-16-17(9(13,14)15)7(19-8)5(10)6(11)12/h5-7H,2-4H2,1H3. The van der Waals surface area contributed by atoms with Crippen LogP contribution in [0.5, 0.6) is 0 Å². The van der Waals surface area contributed by atoms with Gasteiger partial charge in [-0.15, -0.1) is 34.8 Å². The van der Waals surface area contributed by atoms with Crippen LogP contribution in [0, 0.1) is 0 Å². The molecule has 2 unspecified atom stereocenters. The van der Waals surface area contributed by atoms with Crippen LogP contribution in [0.3, 0.4) is 0 Å². The lowest BCUT2D eigenvalue weighted by Crippen LogP contribution is -2.45. The van der Waals surface area contributed by atoms with Crippen LogP contribution < -0.4 is 0 Å². The van der Waals surface area contributed by atoms with Gasteiger partial charge in [0.05, 0.1) is 6.61 Å². The van der Waals surface area contributed by atoms with E-state index in [-0.39, 0.29) is 6.08 Å². The van der Waals surface area contributed by atoms with Crippen molar-refractivity contribution in [3.63, 3.8) is 0 Å². The van der Waals surface area contributed by atoms with Crippen LogP contribution in [0.4, 0.5) is 0 Å². The normalized spacial score (nSPS) is 21.4. The lowest BCUT2D eigenvalue weighted by Gasteiger charge is -2.30. The fourth-order valence-electron chi connectivity index (χ4n) is 1.21. The Kier molecular flexibility index (Phi) is 7.25. The molecule has 0 aliphatic carbocycles. The minimum Gasteiger partial charge on any atom is -0.449 e. The largest absolute Gasteiger partial charge is 0.449 e. The van der Waals surface area contributed by atoms with E-state index in [9.17, 15) is 0 Å². The van der Waals surface area contributed by atoms with E-state index in [0.29, 0.717) is 6.61 Å². The highest BCUT2D eigenvalue weighted by molar-refractivity contribution is 6.67. The maximum absolute atomic E-state index is 6.01. The molecule has 2 atom stereocenters. The summed E-state index contributed by atoms with van der Waals surface area (Å²) >= 11 is 34.8. The number of hydrogen-bond donors (Lipinski definition) is 0. The van der Waals surface area contributed by atoms with Crippen LogP contribution in [0.2, 0.25) is 0 Å². The molecular formula is C9H12Cl6N2O2. The van der Waals surface area contributed by atoms with Crippen molar-refractivity contribution in [1.82, 2.24) is 5.01 Å². The lowest BCUT2D eigenvalue weighted by atomic mass is 10.4. The van der Waals surface area contributed by atoms with Crippen LogP contribution in [0.1, 0.15) is 19.8 Å². The third-order valence-electron chi connectivity index (χ3n) is 2.15. The van der Waals surface area contributed by atoms with Crippen LogP contribution in [-0.2, 0) is 9.47 Å². The fraction of sp³-hybridized carbons (Fsp3) is 0.889. The summed E-state index contributed by atoms with van der Waals surface area (Å²) in [5, 5.41) is 4.11. The Bertz CT molecular complexity index is 322. The van der Waals surface area contributed by atoms with Crippen LogP contribution in [0.15, 0.2) is 5.10 Å². The van der Waals surface area contributed by atoms with Crippen molar-refractivity contribution in [1.29, 1.82) is 0 Å². The second kappa shape index (κ2) is 7.71. The van der Waals surface area contributed by atoms with Crippen molar-refractivity contribution in [3.8, 4) is 0 Å². The lowest BCUT2D eigenvalue weighted by molar-refractivity contribution is 0.0345. The molecule has 0 aromatic heterocycles. The Balaban J connectivity index is 2.74. The Morgan fingerprint density at radius 3 is 2.47 bits per heavy atom. The van der Waals surface area contributed by atoms with Crippen molar-refractivity contribution >= 4 is 75.7 Å². The number of halogens is 6. The topological polar surface area (TPSA) is 34.1 Å². The molecule has 0 radical (unpaired) electrons. The molecule has 0 N–H and O–H groups in total. The van der Waals surface area contributed by atoms with Crippen molar-refractivity contribution in [2.24, 2.45) is 5.10 Å². The summed E-state index contributed by atoms with van der Waals surface area (Å²) in [5.74, 6) is 0. The van der Waals surface area contributed by atoms with E-state index >= 15 is 0 Å². The summed E-state index contributed by atoms with van der Waals surface area (Å²) in [6.07, 6.45) is 0.864. The maximum Gasteiger partial charge on any atom is 0.407 e. The minimum atomic E-state index is -1.85. The smallest absolute Gasteiger partial charge is 0.407 e. The Labute approximate surface area is 141 Å². The Hall–Kier alpha value is 0.810. The van der Waals surface area contributed by atoms with E-state index in [1.54, 1.807) is 0 Å². The average molecular weight is 393 g/mol. The summed E-state index contributed by atoms with van der Waals surface area (Å²) in [7, 11) is 0. The summed E-state index contributed by atoms with van der Waals surface area (Å²) in [5.41, 5.74) is 0. The first-order chi connectivity index (χ1) is 8.77. The molecule has 1 aliphatic heterocycles. The van der Waals surface area contributed by atoms with Gasteiger partial charge in [0.2, 0.25) is 6.23 Å². The predicted octanol–water partition coefficient (Wildman–Crippen LogP) is 4.47. The van der Waals surface area contributed by atoms with E-state index < -0.39 is 20.4 Å². The molecule has 0 amide bonds. The summed E-state index contributed by atoms with van der Waals surface area (Å²) < 4.78 is 8.81. The molecule has 0 saturated carbocycles. The minimum absolute atomic E-state index is 0.0237. The highest BCUT2D eigenvalue weighted by Gasteiger charge is 2.47. The van der Waals surface area contributed by atoms with Gasteiger partial charge in [-0.3, -0.25) is 0 Å².